The van der Waals surface area contributed by atoms with E-state index in [0.717, 1.165) is 12.8 Å². The molecule has 0 aliphatic heterocycles. The van der Waals surface area contributed by atoms with Crippen LogP contribution in [0.3, 0.4) is 0 Å². The molecule has 2 aromatic rings. The van der Waals surface area contributed by atoms with Crippen molar-refractivity contribution in [3.8, 4) is 5.75 Å². The monoisotopic (exact) mass is 424 g/mol. The molecule has 1 aliphatic rings. The van der Waals surface area contributed by atoms with Gasteiger partial charge in [-0.1, -0.05) is 62.4 Å². The van der Waals surface area contributed by atoms with E-state index in [9.17, 15) is 14.4 Å². The number of hydrogen-bond acceptors (Lipinski definition) is 5. The van der Waals surface area contributed by atoms with Crippen molar-refractivity contribution in [1.29, 1.82) is 0 Å². The Labute approximate surface area is 182 Å². The molecule has 2 atom stereocenters. The number of rotatable bonds is 10. The van der Waals surface area contributed by atoms with Crippen LogP contribution in [0, 0.1) is 5.92 Å². The van der Waals surface area contributed by atoms with Gasteiger partial charge >= 0.3 is 5.97 Å². The lowest BCUT2D eigenvalue weighted by Crippen LogP contribution is -2.48. The highest BCUT2D eigenvalue weighted by Crippen LogP contribution is 2.24. The van der Waals surface area contributed by atoms with Gasteiger partial charge in [0, 0.05) is 11.6 Å². The van der Waals surface area contributed by atoms with Crippen molar-refractivity contribution in [2.45, 2.75) is 44.9 Å². The first kappa shape index (κ1) is 22.3. The van der Waals surface area contributed by atoms with Crippen LogP contribution in [0.2, 0.25) is 0 Å². The number of nitrogens with one attached hydrogen (secondary N) is 2. The zero-order chi connectivity index (χ0) is 22.2. The third kappa shape index (κ3) is 6.84. The van der Waals surface area contributed by atoms with Crippen molar-refractivity contribution in [3.63, 3.8) is 0 Å². The highest BCUT2D eigenvalue weighted by molar-refractivity contribution is 5.89. The Morgan fingerprint density at radius 3 is 2.16 bits per heavy atom. The smallest absolute Gasteiger partial charge is 0.330 e. The van der Waals surface area contributed by atoms with Crippen molar-refractivity contribution in [2.24, 2.45) is 5.92 Å². The van der Waals surface area contributed by atoms with E-state index < -0.39 is 24.0 Å². The average molecular weight is 424 g/mol. The maximum Gasteiger partial charge on any atom is 0.330 e. The van der Waals surface area contributed by atoms with Crippen molar-refractivity contribution in [1.82, 2.24) is 10.6 Å². The predicted molar refractivity (Wildman–Crippen MR) is 115 cm³/mol. The molecule has 1 aliphatic carbocycles. The van der Waals surface area contributed by atoms with Crippen molar-refractivity contribution in [2.75, 3.05) is 6.61 Å². The predicted octanol–water partition coefficient (Wildman–Crippen LogP) is 2.77. The minimum atomic E-state index is -1.08. The van der Waals surface area contributed by atoms with Crippen LogP contribution in [0.5, 0.6) is 5.75 Å². The Morgan fingerprint density at radius 1 is 0.968 bits per heavy atom. The van der Waals surface area contributed by atoms with E-state index in [2.05, 4.69) is 10.6 Å². The molecular formula is C24H28N2O5. The molecule has 7 heteroatoms. The topological polar surface area (TPSA) is 93.7 Å². The van der Waals surface area contributed by atoms with Crippen molar-refractivity contribution in [3.05, 3.63) is 66.2 Å². The quantitative estimate of drug-likeness (QED) is 0.572. The van der Waals surface area contributed by atoms with Gasteiger partial charge < -0.3 is 20.1 Å². The van der Waals surface area contributed by atoms with Crippen LogP contribution in [0.1, 0.15) is 38.4 Å². The van der Waals surface area contributed by atoms with E-state index in [1.807, 2.05) is 12.1 Å². The maximum atomic E-state index is 12.9. The molecule has 0 bridgehead atoms. The summed E-state index contributed by atoms with van der Waals surface area (Å²) in [6.07, 6.45) is 0.772. The molecule has 1 fully saturated rings. The number of esters is 1. The Balaban J connectivity index is 1.64. The molecule has 0 heterocycles. The molecule has 2 amide bonds. The molecule has 7 nitrogen and oxygen atoms in total. The van der Waals surface area contributed by atoms with Crippen LogP contribution >= 0.6 is 0 Å². The summed E-state index contributed by atoms with van der Waals surface area (Å²) in [5, 5.41) is 5.55. The average Bonchev–Trinajstić information content (AvgIpc) is 3.59. The number of para-hydroxylation sites is 1. The Kier molecular flexibility index (Phi) is 7.65. The molecule has 2 aromatic carbocycles. The summed E-state index contributed by atoms with van der Waals surface area (Å²) in [6, 6.07) is 17.0. The second-order valence-corrected chi connectivity index (χ2v) is 7.90. The molecule has 31 heavy (non-hydrogen) atoms. The highest BCUT2D eigenvalue weighted by Gasteiger charge is 2.34. The van der Waals surface area contributed by atoms with Gasteiger partial charge in [-0.25, -0.2) is 4.79 Å². The minimum absolute atomic E-state index is 0.133. The fourth-order valence-corrected chi connectivity index (χ4v) is 2.97. The van der Waals surface area contributed by atoms with Gasteiger partial charge in [-0.2, -0.15) is 0 Å². The molecule has 0 radical (unpaired) electrons. The molecule has 0 aromatic heterocycles. The largest absolute Gasteiger partial charge is 0.484 e. The van der Waals surface area contributed by atoms with Crippen molar-refractivity contribution < 1.29 is 23.9 Å². The number of ether oxygens (including phenoxy) is 2. The number of hydrogen-bond donors (Lipinski definition) is 2. The number of carbonyl (C=O) groups excluding carboxylic acids is 3. The lowest BCUT2D eigenvalue weighted by Gasteiger charge is -2.24. The van der Waals surface area contributed by atoms with Crippen LogP contribution in [-0.2, 0) is 19.1 Å². The standard InChI is InChI=1S/C24H28N2O5/c1-16(2)21(26-20(27)15-30-19-11-7-4-8-12-19)24(29)31-22(17-9-5-3-6-10-17)23(28)25-18-13-14-18/h3-12,16,18,21-22H,13-15H2,1-2H3,(H,25,28)(H,26,27)/t21-,22-/m0/s1. The molecule has 1 saturated carbocycles. The SMILES string of the molecule is CC(C)[C@H](NC(=O)COc1ccccc1)C(=O)O[C@H](C(=O)NC1CC1)c1ccccc1. The Bertz CT molecular complexity index is 881. The molecule has 0 spiro atoms. The lowest BCUT2D eigenvalue weighted by molar-refractivity contribution is -0.160. The molecule has 0 unspecified atom stereocenters. The maximum absolute atomic E-state index is 12.9. The van der Waals surface area contributed by atoms with E-state index in [4.69, 9.17) is 9.47 Å². The van der Waals surface area contributed by atoms with Gasteiger partial charge in [-0.05, 0) is 30.9 Å². The second kappa shape index (κ2) is 10.6. The summed E-state index contributed by atoms with van der Waals surface area (Å²) in [4.78, 5) is 38.0. The van der Waals surface area contributed by atoms with E-state index in [0.29, 0.717) is 11.3 Å². The van der Waals surface area contributed by atoms with E-state index >= 15 is 0 Å². The van der Waals surface area contributed by atoms with Crippen molar-refractivity contribution >= 4 is 17.8 Å². The molecule has 2 N–H and O–H groups in total. The number of amides is 2. The van der Waals surface area contributed by atoms with Crippen LogP contribution in [0.15, 0.2) is 60.7 Å². The Hall–Kier alpha value is -3.35. The first-order valence-electron chi connectivity index (χ1n) is 10.5. The second-order valence-electron chi connectivity index (χ2n) is 7.90. The van der Waals surface area contributed by atoms with Gasteiger partial charge in [0.25, 0.3) is 11.8 Å². The van der Waals surface area contributed by atoms with Gasteiger partial charge in [0.2, 0.25) is 6.10 Å². The third-order valence-corrected chi connectivity index (χ3v) is 4.85. The lowest BCUT2D eigenvalue weighted by atomic mass is 10.0. The first-order valence-corrected chi connectivity index (χ1v) is 10.5. The zero-order valence-corrected chi connectivity index (χ0v) is 17.7. The summed E-state index contributed by atoms with van der Waals surface area (Å²) in [5.41, 5.74) is 0.579. The van der Waals surface area contributed by atoms with Crippen LogP contribution in [-0.4, -0.2) is 36.5 Å². The minimum Gasteiger partial charge on any atom is -0.484 e. The van der Waals surface area contributed by atoms with E-state index in [-0.39, 0.29) is 24.5 Å². The number of carbonyl (C=O) groups is 3. The Morgan fingerprint density at radius 2 is 1.58 bits per heavy atom. The summed E-state index contributed by atoms with van der Waals surface area (Å²) in [6.45, 7) is 3.36. The van der Waals surface area contributed by atoms with E-state index in [1.54, 1.807) is 62.4 Å². The van der Waals surface area contributed by atoms with Gasteiger partial charge in [-0.15, -0.1) is 0 Å². The van der Waals surface area contributed by atoms with Crippen LogP contribution in [0.25, 0.3) is 0 Å². The van der Waals surface area contributed by atoms with E-state index in [1.165, 1.54) is 0 Å². The van der Waals surface area contributed by atoms with Gasteiger partial charge in [0.05, 0.1) is 0 Å². The molecule has 0 saturated heterocycles. The molecular weight excluding hydrogens is 396 g/mol. The fraction of sp³-hybridized carbons (Fsp3) is 0.375. The molecule has 164 valence electrons. The number of benzene rings is 2. The summed E-state index contributed by atoms with van der Waals surface area (Å²) >= 11 is 0. The third-order valence-electron chi connectivity index (χ3n) is 4.85. The summed E-state index contributed by atoms with van der Waals surface area (Å²) < 4.78 is 11.0. The normalized spacial score (nSPS) is 14.9. The van der Waals surface area contributed by atoms with Gasteiger partial charge in [0.1, 0.15) is 11.8 Å². The van der Waals surface area contributed by atoms with Crippen LogP contribution < -0.4 is 15.4 Å². The van der Waals surface area contributed by atoms with Gasteiger partial charge in [0.15, 0.2) is 6.61 Å². The zero-order valence-electron chi connectivity index (χ0n) is 17.7. The summed E-state index contributed by atoms with van der Waals surface area (Å²) in [5.74, 6) is -1.15. The van der Waals surface area contributed by atoms with Crippen LogP contribution in [0.4, 0.5) is 0 Å². The fourth-order valence-electron chi connectivity index (χ4n) is 2.97. The van der Waals surface area contributed by atoms with Gasteiger partial charge in [-0.3, -0.25) is 9.59 Å². The highest BCUT2D eigenvalue weighted by atomic mass is 16.5. The first-order chi connectivity index (χ1) is 14.9. The molecule has 3 rings (SSSR count). The summed E-state index contributed by atoms with van der Waals surface area (Å²) in [7, 11) is 0.